The molecule has 1 aromatic carbocycles. The van der Waals surface area contributed by atoms with Gasteiger partial charge in [-0.2, -0.15) is 4.31 Å². The Bertz CT molecular complexity index is 613. The summed E-state index contributed by atoms with van der Waals surface area (Å²) in [5, 5.41) is 0. The predicted molar refractivity (Wildman–Crippen MR) is 71.7 cm³/mol. The lowest BCUT2D eigenvalue weighted by atomic mass is 10.2. The minimum Gasteiger partial charge on any atom is -0.398 e. The number of aryl methyl sites for hydroxylation is 1. The van der Waals surface area contributed by atoms with Gasteiger partial charge in [0.25, 0.3) is 0 Å². The summed E-state index contributed by atoms with van der Waals surface area (Å²) in [6.07, 6.45) is 1.08. The van der Waals surface area contributed by atoms with Crippen LogP contribution in [0.3, 0.4) is 0 Å². The maximum Gasteiger partial charge on any atom is 0.245 e. The first-order valence-electron chi connectivity index (χ1n) is 6.01. The maximum atomic E-state index is 12.5. The molecule has 1 saturated heterocycles. The molecule has 1 heterocycles. The molecule has 1 amide bonds. The zero-order chi connectivity index (χ0) is 14.2. The topological polar surface area (TPSA) is 106 Å². The Hall–Kier alpha value is -1.60. The number of nitrogens with two attached hydrogens (primary N) is 2. The fourth-order valence-corrected chi connectivity index (χ4v) is 4.10. The third kappa shape index (κ3) is 2.43. The first-order valence-corrected chi connectivity index (χ1v) is 7.45. The van der Waals surface area contributed by atoms with Crippen LogP contribution >= 0.6 is 0 Å². The van der Waals surface area contributed by atoms with Gasteiger partial charge in [0.1, 0.15) is 10.9 Å². The summed E-state index contributed by atoms with van der Waals surface area (Å²) in [7, 11) is -3.77. The highest BCUT2D eigenvalue weighted by atomic mass is 32.2. The molecule has 19 heavy (non-hydrogen) atoms. The maximum absolute atomic E-state index is 12.5. The Kier molecular flexibility index (Phi) is 3.51. The van der Waals surface area contributed by atoms with E-state index in [1.807, 2.05) is 6.92 Å². The van der Waals surface area contributed by atoms with Crippen LogP contribution in [0.15, 0.2) is 23.1 Å². The summed E-state index contributed by atoms with van der Waals surface area (Å²) in [6, 6.07) is 3.97. The molecule has 104 valence electrons. The van der Waals surface area contributed by atoms with Gasteiger partial charge in [-0.3, -0.25) is 4.79 Å². The molecule has 7 heteroatoms. The molecule has 1 unspecified atom stereocenters. The summed E-state index contributed by atoms with van der Waals surface area (Å²) in [4.78, 5) is 11.3. The Morgan fingerprint density at radius 1 is 1.42 bits per heavy atom. The predicted octanol–water partition coefficient (Wildman–Crippen LogP) is 0.216. The van der Waals surface area contributed by atoms with E-state index >= 15 is 0 Å². The number of carbonyl (C=O) groups excluding carboxylic acids is 1. The number of anilines is 1. The van der Waals surface area contributed by atoms with Gasteiger partial charge < -0.3 is 11.5 Å². The number of benzene rings is 1. The van der Waals surface area contributed by atoms with Gasteiger partial charge in [0.15, 0.2) is 0 Å². The van der Waals surface area contributed by atoms with Crippen LogP contribution in [0.1, 0.15) is 18.4 Å². The quantitative estimate of drug-likeness (QED) is 0.773. The van der Waals surface area contributed by atoms with Crippen LogP contribution < -0.4 is 11.5 Å². The van der Waals surface area contributed by atoms with Crippen LogP contribution in [-0.2, 0) is 14.8 Å². The van der Waals surface area contributed by atoms with E-state index in [9.17, 15) is 13.2 Å². The molecule has 0 spiro atoms. The number of hydrogen-bond donors (Lipinski definition) is 2. The van der Waals surface area contributed by atoms with Crippen molar-refractivity contribution >= 4 is 21.6 Å². The molecule has 1 fully saturated rings. The number of carbonyl (C=O) groups is 1. The second kappa shape index (κ2) is 4.82. The van der Waals surface area contributed by atoms with Gasteiger partial charge >= 0.3 is 0 Å². The van der Waals surface area contributed by atoms with Gasteiger partial charge in [-0.1, -0.05) is 6.07 Å². The monoisotopic (exact) mass is 283 g/mol. The minimum atomic E-state index is -3.77. The lowest BCUT2D eigenvalue weighted by Crippen LogP contribution is -2.43. The van der Waals surface area contributed by atoms with E-state index in [0.717, 1.165) is 9.87 Å². The fourth-order valence-electron chi connectivity index (χ4n) is 2.34. The summed E-state index contributed by atoms with van der Waals surface area (Å²) >= 11 is 0. The average molecular weight is 283 g/mol. The van der Waals surface area contributed by atoms with Crippen LogP contribution in [0.25, 0.3) is 0 Å². The molecule has 0 radical (unpaired) electrons. The molecular formula is C12H17N3O3S. The normalized spacial score (nSPS) is 20.6. The largest absolute Gasteiger partial charge is 0.398 e. The third-order valence-corrected chi connectivity index (χ3v) is 5.27. The van der Waals surface area contributed by atoms with Gasteiger partial charge in [0.05, 0.1) is 5.69 Å². The number of rotatable bonds is 3. The standard InChI is InChI=1S/C12H17N3O3S/c1-8-4-5-11(9(13)7-8)19(17,18)15-6-2-3-10(15)12(14)16/h4-5,7,10H,2-3,6,13H2,1H3,(H2,14,16). The number of sulfonamides is 1. The minimum absolute atomic E-state index is 0.0336. The fraction of sp³-hybridized carbons (Fsp3) is 0.417. The smallest absolute Gasteiger partial charge is 0.245 e. The van der Waals surface area contributed by atoms with E-state index < -0.39 is 22.0 Å². The summed E-state index contributed by atoms with van der Waals surface area (Å²) in [5.74, 6) is -0.619. The lowest BCUT2D eigenvalue weighted by Gasteiger charge is -2.22. The van der Waals surface area contributed by atoms with E-state index in [4.69, 9.17) is 11.5 Å². The van der Waals surface area contributed by atoms with E-state index in [0.29, 0.717) is 19.4 Å². The highest BCUT2D eigenvalue weighted by Gasteiger charge is 2.39. The van der Waals surface area contributed by atoms with Gasteiger partial charge in [0, 0.05) is 6.54 Å². The third-order valence-electron chi connectivity index (χ3n) is 3.28. The molecule has 0 bridgehead atoms. The van der Waals surface area contributed by atoms with Gasteiger partial charge in [-0.15, -0.1) is 0 Å². The molecule has 0 saturated carbocycles. The lowest BCUT2D eigenvalue weighted by molar-refractivity contribution is -0.121. The molecule has 4 N–H and O–H groups in total. The highest BCUT2D eigenvalue weighted by Crippen LogP contribution is 2.29. The van der Waals surface area contributed by atoms with Crippen LogP contribution in [-0.4, -0.2) is 31.2 Å². The number of amides is 1. The Morgan fingerprint density at radius 2 is 2.11 bits per heavy atom. The second-order valence-electron chi connectivity index (χ2n) is 4.72. The summed E-state index contributed by atoms with van der Waals surface area (Å²) < 4.78 is 26.2. The van der Waals surface area contributed by atoms with Crippen molar-refractivity contribution in [2.24, 2.45) is 5.73 Å². The number of hydrogen-bond acceptors (Lipinski definition) is 4. The van der Waals surface area contributed by atoms with Crippen LogP contribution in [0.4, 0.5) is 5.69 Å². The highest BCUT2D eigenvalue weighted by molar-refractivity contribution is 7.89. The first-order chi connectivity index (χ1) is 8.84. The van der Waals surface area contributed by atoms with E-state index in [1.54, 1.807) is 12.1 Å². The Labute approximate surface area is 112 Å². The van der Waals surface area contributed by atoms with Crippen molar-refractivity contribution in [3.63, 3.8) is 0 Å². The molecule has 1 aromatic rings. The van der Waals surface area contributed by atoms with Crippen molar-refractivity contribution in [2.45, 2.75) is 30.7 Å². The van der Waals surface area contributed by atoms with Gasteiger partial charge in [0.2, 0.25) is 15.9 Å². The van der Waals surface area contributed by atoms with Gasteiger partial charge in [-0.05, 0) is 37.5 Å². The van der Waals surface area contributed by atoms with E-state index in [2.05, 4.69) is 0 Å². The number of nitrogen functional groups attached to an aromatic ring is 1. The first kappa shape index (κ1) is 13.8. The molecule has 1 aliphatic heterocycles. The molecule has 1 aliphatic rings. The van der Waals surface area contributed by atoms with Crippen molar-refractivity contribution in [3.05, 3.63) is 23.8 Å². The van der Waals surface area contributed by atoms with Gasteiger partial charge in [-0.25, -0.2) is 8.42 Å². The number of nitrogens with zero attached hydrogens (tertiary/aromatic N) is 1. The molecule has 6 nitrogen and oxygen atoms in total. The zero-order valence-corrected chi connectivity index (χ0v) is 11.5. The van der Waals surface area contributed by atoms with Crippen molar-refractivity contribution in [2.75, 3.05) is 12.3 Å². The Balaban J connectivity index is 2.45. The molecule has 0 aliphatic carbocycles. The van der Waals surface area contributed by atoms with Crippen molar-refractivity contribution in [1.82, 2.24) is 4.31 Å². The van der Waals surface area contributed by atoms with Crippen LogP contribution in [0, 0.1) is 6.92 Å². The van der Waals surface area contributed by atoms with Crippen LogP contribution in [0.2, 0.25) is 0 Å². The van der Waals surface area contributed by atoms with Crippen molar-refractivity contribution in [1.29, 1.82) is 0 Å². The Morgan fingerprint density at radius 3 is 2.68 bits per heavy atom. The second-order valence-corrected chi connectivity index (χ2v) is 6.58. The van der Waals surface area contributed by atoms with Crippen molar-refractivity contribution in [3.8, 4) is 0 Å². The SMILES string of the molecule is Cc1ccc(S(=O)(=O)N2CCCC2C(N)=O)c(N)c1. The summed E-state index contributed by atoms with van der Waals surface area (Å²) in [6.45, 7) is 2.12. The van der Waals surface area contributed by atoms with Crippen molar-refractivity contribution < 1.29 is 13.2 Å². The van der Waals surface area contributed by atoms with Crippen LogP contribution in [0.5, 0.6) is 0 Å². The molecule has 2 rings (SSSR count). The molecular weight excluding hydrogens is 266 g/mol. The zero-order valence-electron chi connectivity index (χ0n) is 10.7. The van der Waals surface area contributed by atoms with E-state index in [-0.39, 0.29) is 10.6 Å². The molecule has 1 atom stereocenters. The average Bonchev–Trinajstić information content (AvgIpc) is 2.77. The van der Waals surface area contributed by atoms with E-state index in [1.165, 1.54) is 6.07 Å². The number of primary amides is 1. The molecule has 0 aromatic heterocycles. The summed E-state index contributed by atoms with van der Waals surface area (Å²) in [5.41, 5.74) is 12.1.